The zero-order valence-electron chi connectivity index (χ0n) is 16.9. The molecule has 156 valence electrons. The topological polar surface area (TPSA) is 110 Å². The average molecular weight is 406 g/mol. The summed E-state index contributed by atoms with van der Waals surface area (Å²) < 4.78 is 3.74. The lowest BCUT2D eigenvalue weighted by Gasteiger charge is -2.16. The number of hydrogen-bond acceptors (Lipinski definition) is 7. The predicted octanol–water partition coefficient (Wildman–Crippen LogP) is 2.93. The van der Waals surface area contributed by atoms with Gasteiger partial charge in [-0.2, -0.15) is 4.98 Å². The van der Waals surface area contributed by atoms with Crippen LogP contribution in [-0.4, -0.2) is 48.9 Å². The zero-order valence-corrected chi connectivity index (χ0v) is 16.9. The SMILES string of the molecule is CCN.Oc1ccc(-n2cnc(Nc3nc(N4CCCC4)nn4cccc34)c2)cc1. The summed E-state index contributed by atoms with van der Waals surface area (Å²) in [4.78, 5) is 11.4. The van der Waals surface area contributed by atoms with Crippen LogP contribution in [0, 0.1) is 0 Å². The molecule has 4 N–H and O–H groups in total. The van der Waals surface area contributed by atoms with Gasteiger partial charge in [-0.25, -0.2) is 9.50 Å². The molecule has 9 heteroatoms. The summed E-state index contributed by atoms with van der Waals surface area (Å²) in [5, 5.41) is 17.4. The molecule has 0 amide bonds. The van der Waals surface area contributed by atoms with E-state index < -0.39 is 0 Å². The summed E-state index contributed by atoms with van der Waals surface area (Å²) in [5.41, 5.74) is 6.67. The van der Waals surface area contributed by atoms with Crippen LogP contribution in [0.25, 0.3) is 11.2 Å². The molecule has 0 unspecified atom stereocenters. The third kappa shape index (κ3) is 4.20. The minimum absolute atomic E-state index is 0.239. The quantitative estimate of drug-likeness (QED) is 0.478. The van der Waals surface area contributed by atoms with Gasteiger partial charge >= 0.3 is 0 Å². The summed E-state index contributed by atoms with van der Waals surface area (Å²) in [6, 6.07) is 10.9. The van der Waals surface area contributed by atoms with Crippen molar-refractivity contribution in [2.24, 2.45) is 5.73 Å². The monoisotopic (exact) mass is 406 g/mol. The third-order valence-electron chi connectivity index (χ3n) is 4.75. The highest BCUT2D eigenvalue weighted by Gasteiger charge is 2.18. The number of benzene rings is 1. The van der Waals surface area contributed by atoms with Crippen molar-refractivity contribution in [3.63, 3.8) is 0 Å². The van der Waals surface area contributed by atoms with Crippen LogP contribution in [0.4, 0.5) is 17.6 Å². The molecule has 4 heterocycles. The van der Waals surface area contributed by atoms with Crippen LogP contribution in [0.5, 0.6) is 5.75 Å². The second-order valence-electron chi connectivity index (χ2n) is 7.01. The molecule has 1 aliphatic rings. The molecule has 0 aliphatic carbocycles. The summed E-state index contributed by atoms with van der Waals surface area (Å²) >= 11 is 0. The maximum absolute atomic E-state index is 9.44. The van der Waals surface area contributed by atoms with E-state index in [1.165, 1.54) is 12.8 Å². The van der Waals surface area contributed by atoms with Gasteiger partial charge in [-0.3, -0.25) is 0 Å². The van der Waals surface area contributed by atoms with Gasteiger partial charge in [0.05, 0.1) is 6.20 Å². The smallest absolute Gasteiger partial charge is 0.245 e. The number of nitrogens with one attached hydrogen (secondary N) is 1. The van der Waals surface area contributed by atoms with Gasteiger partial charge in [-0.15, -0.1) is 5.10 Å². The lowest BCUT2D eigenvalue weighted by molar-refractivity contribution is 0.475. The number of rotatable bonds is 4. The molecule has 9 nitrogen and oxygen atoms in total. The molecule has 0 bridgehead atoms. The van der Waals surface area contributed by atoms with E-state index in [9.17, 15) is 5.11 Å². The molecule has 1 aromatic carbocycles. The Labute approximate surface area is 174 Å². The lowest BCUT2D eigenvalue weighted by Crippen LogP contribution is -2.22. The lowest BCUT2D eigenvalue weighted by atomic mass is 10.3. The Morgan fingerprint density at radius 1 is 1.13 bits per heavy atom. The zero-order chi connectivity index (χ0) is 20.9. The van der Waals surface area contributed by atoms with Gasteiger partial charge in [0.15, 0.2) is 5.82 Å². The molecular formula is C21H26N8O. The number of nitrogens with two attached hydrogens (primary N) is 1. The van der Waals surface area contributed by atoms with Crippen LogP contribution in [0.1, 0.15) is 19.8 Å². The molecule has 3 aromatic heterocycles. The second-order valence-corrected chi connectivity index (χ2v) is 7.01. The molecule has 0 atom stereocenters. The summed E-state index contributed by atoms with van der Waals surface area (Å²) in [6.07, 6.45) is 7.90. The Morgan fingerprint density at radius 3 is 2.60 bits per heavy atom. The van der Waals surface area contributed by atoms with Gasteiger partial charge < -0.3 is 25.6 Å². The van der Waals surface area contributed by atoms with E-state index in [1.807, 2.05) is 52.7 Å². The Balaban J connectivity index is 0.000000687. The molecule has 30 heavy (non-hydrogen) atoms. The van der Waals surface area contributed by atoms with Gasteiger partial charge in [0.1, 0.15) is 23.4 Å². The van der Waals surface area contributed by atoms with Crippen molar-refractivity contribution in [2.45, 2.75) is 19.8 Å². The third-order valence-corrected chi connectivity index (χ3v) is 4.75. The molecule has 1 fully saturated rings. The van der Waals surface area contributed by atoms with Crippen molar-refractivity contribution >= 4 is 23.1 Å². The fourth-order valence-corrected chi connectivity index (χ4v) is 3.34. The Hall–Kier alpha value is -3.59. The van der Waals surface area contributed by atoms with Crippen LogP contribution in [0.15, 0.2) is 55.1 Å². The first-order valence-corrected chi connectivity index (χ1v) is 10.1. The highest BCUT2D eigenvalue weighted by molar-refractivity contribution is 5.73. The van der Waals surface area contributed by atoms with Gasteiger partial charge in [0.2, 0.25) is 5.95 Å². The average Bonchev–Trinajstić information content (AvgIpc) is 3.51. The number of phenolic OH excluding ortho intramolecular Hbond substituents is 1. The van der Waals surface area contributed by atoms with Crippen LogP contribution in [-0.2, 0) is 0 Å². The molecule has 0 radical (unpaired) electrons. The fourth-order valence-electron chi connectivity index (χ4n) is 3.34. The van der Waals surface area contributed by atoms with Crippen molar-refractivity contribution < 1.29 is 5.11 Å². The first kappa shape index (κ1) is 19.7. The van der Waals surface area contributed by atoms with Crippen molar-refractivity contribution in [1.29, 1.82) is 0 Å². The van der Waals surface area contributed by atoms with Crippen LogP contribution in [0.2, 0.25) is 0 Å². The van der Waals surface area contributed by atoms with Gasteiger partial charge in [-0.05, 0) is 55.8 Å². The number of aromatic nitrogens is 5. The number of phenols is 1. The van der Waals surface area contributed by atoms with E-state index in [4.69, 9.17) is 10.7 Å². The second kappa shape index (κ2) is 8.83. The van der Waals surface area contributed by atoms with E-state index in [-0.39, 0.29) is 5.75 Å². The summed E-state index contributed by atoms with van der Waals surface area (Å²) in [6.45, 7) is 4.63. The Kier molecular flexibility index (Phi) is 5.80. The molecular weight excluding hydrogens is 380 g/mol. The molecule has 1 saturated heterocycles. The van der Waals surface area contributed by atoms with Crippen LogP contribution < -0.4 is 16.0 Å². The molecule has 5 rings (SSSR count). The van der Waals surface area contributed by atoms with Gasteiger partial charge in [-0.1, -0.05) is 6.92 Å². The van der Waals surface area contributed by atoms with Crippen molar-refractivity contribution in [1.82, 2.24) is 24.1 Å². The van der Waals surface area contributed by atoms with Crippen LogP contribution in [0.3, 0.4) is 0 Å². The Bertz CT molecular complexity index is 1100. The standard InChI is InChI=1S/C19H19N7O.C2H7N/c27-15-7-5-14(6-8-15)25-12-17(20-13-25)21-18-16-4-3-11-26(16)23-19(22-18)24-9-1-2-10-24;1-2-3/h3-8,11-13,27H,1-2,9-10H2,(H,21,22,23);2-3H2,1H3. The largest absolute Gasteiger partial charge is 0.508 e. The number of imidazole rings is 1. The van der Waals surface area contributed by atoms with Gasteiger partial charge in [0, 0.05) is 25.0 Å². The Morgan fingerprint density at radius 2 is 1.87 bits per heavy atom. The van der Waals surface area contributed by atoms with E-state index in [0.717, 1.165) is 42.6 Å². The number of hydrogen-bond donors (Lipinski definition) is 3. The van der Waals surface area contributed by atoms with Crippen molar-refractivity contribution in [3.8, 4) is 11.4 Å². The number of nitrogens with zero attached hydrogens (tertiary/aromatic N) is 6. The predicted molar refractivity (Wildman–Crippen MR) is 118 cm³/mol. The maximum atomic E-state index is 9.44. The fraction of sp³-hybridized carbons (Fsp3) is 0.286. The summed E-state index contributed by atoms with van der Waals surface area (Å²) in [7, 11) is 0. The van der Waals surface area contributed by atoms with Crippen molar-refractivity contribution in [2.75, 3.05) is 29.9 Å². The van der Waals surface area contributed by atoms with E-state index in [0.29, 0.717) is 5.82 Å². The normalized spacial score (nSPS) is 13.3. The maximum Gasteiger partial charge on any atom is 0.245 e. The van der Waals surface area contributed by atoms with E-state index in [2.05, 4.69) is 20.3 Å². The van der Waals surface area contributed by atoms with Gasteiger partial charge in [0.25, 0.3) is 0 Å². The molecule has 0 spiro atoms. The van der Waals surface area contributed by atoms with E-state index in [1.54, 1.807) is 18.5 Å². The number of fused-ring (bicyclic) bond motifs is 1. The minimum Gasteiger partial charge on any atom is -0.508 e. The number of aromatic hydroxyl groups is 1. The van der Waals surface area contributed by atoms with Crippen LogP contribution >= 0.6 is 0 Å². The molecule has 1 aliphatic heterocycles. The van der Waals surface area contributed by atoms with Crippen molar-refractivity contribution in [3.05, 3.63) is 55.1 Å². The number of anilines is 3. The minimum atomic E-state index is 0.239. The highest BCUT2D eigenvalue weighted by Crippen LogP contribution is 2.24. The highest BCUT2D eigenvalue weighted by atomic mass is 16.3. The summed E-state index contributed by atoms with van der Waals surface area (Å²) in [5.74, 6) is 2.39. The molecule has 4 aromatic rings. The molecule has 0 saturated carbocycles. The van der Waals surface area contributed by atoms with E-state index >= 15 is 0 Å². The first-order chi connectivity index (χ1) is 14.7. The first-order valence-electron chi connectivity index (χ1n) is 10.1.